The summed E-state index contributed by atoms with van der Waals surface area (Å²) >= 11 is 0. The number of nitrogens with one attached hydrogen (secondary N) is 1. The maximum absolute atomic E-state index is 5.57. The monoisotopic (exact) mass is 215 g/mol. The Morgan fingerprint density at radius 2 is 2.12 bits per heavy atom. The van der Waals surface area contributed by atoms with E-state index in [4.69, 9.17) is 5.73 Å². The Bertz CT molecular complexity index is 438. The van der Waals surface area contributed by atoms with Crippen molar-refractivity contribution in [3.8, 4) is 0 Å². The first-order valence-electron chi connectivity index (χ1n) is 4.99. The molecule has 2 heterocycles. The Labute approximate surface area is 93.8 Å². The fourth-order valence-corrected chi connectivity index (χ4v) is 1.33. The van der Waals surface area contributed by atoms with Crippen LogP contribution in [0.2, 0.25) is 0 Å². The molecule has 0 amide bonds. The van der Waals surface area contributed by atoms with E-state index in [1.807, 2.05) is 25.1 Å². The zero-order valence-corrected chi connectivity index (χ0v) is 9.01. The summed E-state index contributed by atoms with van der Waals surface area (Å²) in [7, 11) is 0. The van der Waals surface area contributed by atoms with Crippen LogP contribution in [0.1, 0.15) is 11.5 Å². The van der Waals surface area contributed by atoms with Crippen LogP contribution in [0.3, 0.4) is 0 Å². The summed E-state index contributed by atoms with van der Waals surface area (Å²) in [5.41, 5.74) is 6.50. The highest BCUT2D eigenvalue weighted by molar-refractivity contribution is 5.42. The summed E-state index contributed by atoms with van der Waals surface area (Å²) in [4.78, 5) is 12.4. The Balaban J connectivity index is 2.02. The van der Waals surface area contributed by atoms with Gasteiger partial charge in [-0.15, -0.1) is 0 Å². The van der Waals surface area contributed by atoms with Gasteiger partial charge in [-0.1, -0.05) is 6.07 Å². The van der Waals surface area contributed by atoms with Crippen LogP contribution in [0.5, 0.6) is 0 Å². The van der Waals surface area contributed by atoms with Crippen molar-refractivity contribution < 1.29 is 0 Å². The van der Waals surface area contributed by atoms with Crippen molar-refractivity contribution in [3.05, 3.63) is 42.0 Å². The normalized spacial score (nSPS) is 10.1. The van der Waals surface area contributed by atoms with Crippen molar-refractivity contribution in [1.29, 1.82) is 0 Å². The maximum atomic E-state index is 5.57. The third-order valence-electron chi connectivity index (χ3n) is 2.05. The maximum Gasteiger partial charge on any atom is 0.128 e. The average Bonchev–Trinajstić information content (AvgIpc) is 2.27. The first kappa shape index (κ1) is 10.4. The number of aromatic nitrogens is 3. The second kappa shape index (κ2) is 4.57. The molecule has 0 aliphatic rings. The molecule has 0 bridgehead atoms. The van der Waals surface area contributed by atoms with E-state index in [0.717, 1.165) is 17.3 Å². The van der Waals surface area contributed by atoms with Gasteiger partial charge in [0.25, 0.3) is 0 Å². The minimum Gasteiger partial charge on any atom is -0.384 e. The number of nitrogen functional groups attached to an aromatic ring is 1. The molecule has 5 heteroatoms. The lowest BCUT2D eigenvalue weighted by Crippen LogP contribution is -2.05. The van der Waals surface area contributed by atoms with Gasteiger partial charge >= 0.3 is 0 Å². The molecule has 0 aliphatic heterocycles. The Hall–Kier alpha value is -2.17. The predicted molar refractivity (Wildman–Crippen MR) is 62.7 cm³/mol. The molecule has 0 atom stereocenters. The molecular formula is C11H13N5. The highest BCUT2D eigenvalue weighted by Crippen LogP contribution is 2.07. The highest BCUT2D eigenvalue weighted by atomic mass is 15.0. The standard InChI is InChI=1S/C11H13N5/c1-8-13-6-5-9(15-8)7-14-11-4-2-3-10(12)16-11/h2-6H,7H2,1H3,(H3,12,14,16). The Kier molecular flexibility index (Phi) is 2.95. The smallest absolute Gasteiger partial charge is 0.128 e. The van der Waals surface area contributed by atoms with Gasteiger partial charge in [0.05, 0.1) is 12.2 Å². The van der Waals surface area contributed by atoms with Crippen LogP contribution in [0.4, 0.5) is 11.6 Å². The molecular weight excluding hydrogens is 202 g/mol. The van der Waals surface area contributed by atoms with E-state index in [1.165, 1.54) is 0 Å². The molecule has 0 fully saturated rings. The molecule has 16 heavy (non-hydrogen) atoms. The molecule has 0 aromatic carbocycles. The summed E-state index contributed by atoms with van der Waals surface area (Å²) in [6, 6.07) is 7.34. The molecule has 82 valence electrons. The lowest BCUT2D eigenvalue weighted by molar-refractivity contribution is 0.950. The predicted octanol–water partition coefficient (Wildman–Crippen LogP) is 1.37. The van der Waals surface area contributed by atoms with Gasteiger partial charge in [-0.3, -0.25) is 0 Å². The minimum absolute atomic E-state index is 0.504. The van der Waals surface area contributed by atoms with Crippen LogP contribution >= 0.6 is 0 Å². The van der Waals surface area contributed by atoms with Crippen molar-refractivity contribution in [3.63, 3.8) is 0 Å². The molecule has 0 saturated heterocycles. The SMILES string of the molecule is Cc1nccc(CNc2cccc(N)n2)n1. The van der Waals surface area contributed by atoms with E-state index >= 15 is 0 Å². The van der Waals surface area contributed by atoms with Crippen LogP contribution < -0.4 is 11.1 Å². The molecule has 0 saturated carbocycles. The summed E-state index contributed by atoms with van der Waals surface area (Å²) in [5.74, 6) is 2.01. The van der Waals surface area contributed by atoms with Gasteiger partial charge in [-0.25, -0.2) is 15.0 Å². The molecule has 0 radical (unpaired) electrons. The fourth-order valence-electron chi connectivity index (χ4n) is 1.33. The van der Waals surface area contributed by atoms with Gasteiger partial charge in [0.15, 0.2) is 0 Å². The summed E-state index contributed by atoms with van der Waals surface area (Å²) in [5, 5.41) is 3.15. The van der Waals surface area contributed by atoms with Gasteiger partial charge in [0, 0.05) is 6.20 Å². The average molecular weight is 215 g/mol. The number of nitrogens with zero attached hydrogens (tertiary/aromatic N) is 3. The third kappa shape index (κ3) is 2.66. The van der Waals surface area contributed by atoms with Crippen LogP contribution in [-0.2, 0) is 6.54 Å². The van der Waals surface area contributed by atoms with Crippen molar-refractivity contribution in [2.24, 2.45) is 0 Å². The topological polar surface area (TPSA) is 76.7 Å². The molecule has 2 aromatic heterocycles. The minimum atomic E-state index is 0.504. The van der Waals surface area contributed by atoms with E-state index in [1.54, 1.807) is 12.3 Å². The largest absolute Gasteiger partial charge is 0.384 e. The molecule has 5 nitrogen and oxygen atoms in total. The first-order chi connectivity index (χ1) is 7.74. The van der Waals surface area contributed by atoms with Crippen LogP contribution in [0, 0.1) is 6.92 Å². The van der Waals surface area contributed by atoms with E-state index in [0.29, 0.717) is 12.4 Å². The van der Waals surface area contributed by atoms with Crippen molar-refractivity contribution in [1.82, 2.24) is 15.0 Å². The Morgan fingerprint density at radius 1 is 1.25 bits per heavy atom. The number of anilines is 2. The third-order valence-corrected chi connectivity index (χ3v) is 2.05. The molecule has 2 rings (SSSR count). The van der Waals surface area contributed by atoms with Crippen molar-refractivity contribution >= 4 is 11.6 Å². The van der Waals surface area contributed by atoms with Gasteiger partial charge in [-0.2, -0.15) is 0 Å². The van der Waals surface area contributed by atoms with Gasteiger partial charge in [0.1, 0.15) is 17.5 Å². The molecule has 0 spiro atoms. The second-order valence-electron chi connectivity index (χ2n) is 3.40. The van der Waals surface area contributed by atoms with Crippen molar-refractivity contribution in [2.45, 2.75) is 13.5 Å². The number of hydrogen-bond acceptors (Lipinski definition) is 5. The summed E-state index contributed by atoms with van der Waals surface area (Å²) < 4.78 is 0. The quantitative estimate of drug-likeness (QED) is 0.808. The zero-order chi connectivity index (χ0) is 11.4. The van der Waals surface area contributed by atoms with E-state index in [2.05, 4.69) is 20.3 Å². The van der Waals surface area contributed by atoms with Gasteiger partial charge in [0.2, 0.25) is 0 Å². The zero-order valence-electron chi connectivity index (χ0n) is 9.01. The fraction of sp³-hybridized carbons (Fsp3) is 0.182. The number of rotatable bonds is 3. The molecule has 0 unspecified atom stereocenters. The van der Waals surface area contributed by atoms with Gasteiger partial charge < -0.3 is 11.1 Å². The van der Waals surface area contributed by atoms with E-state index < -0.39 is 0 Å². The second-order valence-corrected chi connectivity index (χ2v) is 3.40. The molecule has 2 aromatic rings. The van der Waals surface area contributed by atoms with Crippen LogP contribution in [-0.4, -0.2) is 15.0 Å². The number of hydrogen-bond donors (Lipinski definition) is 2. The van der Waals surface area contributed by atoms with Crippen molar-refractivity contribution in [2.75, 3.05) is 11.1 Å². The van der Waals surface area contributed by atoms with Gasteiger partial charge in [-0.05, 0) is 25.1 Å². The summed E-state index contributed by atoms with van der Waals surface area (Å²) in [6.45, 7) is 2.47. The summed E-state index contributed by atoms with van der Waals surface area (Å²) in [6.07, 6.45) is 1.74. The Morgan fingerprint density at radius 3 is 2.88 bits per heavy atom. The van der Waals surface area contributed by atoms with E-state index in [9.17, 15) is 0 Å². The van der Waals surface area contributed by atoms with E-state index in [-0.39, 0.29) is 0 Å². The number of nitrogens with two attached hydrogens (primary N) is 1. The number of aryl methyl sites for hydroxylation is 1. The molecule has 3 N–H and O–H groups in total. The van der Waals surface area contributed by atoms with Crippen LogP contribution in [0.25, 0.3) is 0 Å². The lowest BCUT2D eigenvalue weighted by atomic mass is 10.4. The number of pyridine rings is 1. The lowest BCUT2D eigenvalue weighted by Gasteiger charge is -2.05. The first-order valence-corrected chi connectivity index (χ1v) is 4.99. The highest BCUT2D eigenvalue weighted by Gasteiger charge is 1.97. The molecule has 0 aliphatic carbocycles. The van der Waals surface area contributed by atoms with Crippen LogP contribution in [0.15, 0.2) is 30.5 Å².